The van der Waals surface area contributed by atoms with E-state index < -0.39 is 5.41 Å². The van der Waals surface area contributed by atoms with Crippen LogP contribution < -0.4 is 9.47 Å². The van der Waals surface area contributed by atoms with Gasteiger partial charge in [0.05, 0.1) is 25.7 Å². The molecule has 0 N–H and O–H groups in total. The Morgan fingerprint density at radius 2 is 1.83 bits per heavy atom. The van der Waals surface area contributed by atoms with Gasteiger partial charge < -0.3 is 9.47 Å². The Morgan fingerprint density at radius 1 is 1.22 bits per heavy atom. The van der Waals surface area contributed by atoms with Crippen LogP contribution in [0.5, 0.6) is 11.5 Å². The lowest BCUT2D eigenvalue weighted by Crippen LogP contribution is -2.15. The molecule has 1 aromatic rings. The molecular formula is C15H19NO2. The Hall–Kier alpha value is -1.69. The Morgan fingerprint density at radius 3 is 2.22 bits per heavy atom. The third kappa shape index (κ3) is 1.56. The zero-order valence-electron chi connectivity index (χ0n) is 11.6. The molecule has 0 saturated heterocycles. The molecule has 0 amide bonds. The Balaban J connectivity index is 2.63. The van der Waals surface area contributed by atoms with E-state index >= 15 is 0 Å². The van der Waals surface area contributed by atoms with Gasteiger partial charge in [-0.2, -0.15) is 5.26 Å². The molecule has 18 heavy (non-hydrogen) atoms. The molecule has 1 saturated carbocycles. The summed E-state index contributed by atoms with van der Waals surface area (Å²) in [5.41, 5.74) is 1.65. The molecule has 0 heterocycles. The first-order valence-electron chi connectivity index (χ1n) is 6.06. The second-order valence-corrected chi connectivity index (χ2v) is 5.60. The number of benzene rings is 1. The summed E-state index contributed by atoms with van der Waals surface area (Å²) in [6.07, 6.45) is 0.875. The van der Waals surface area contributed by atoms with Gasteiger partial charge in [0.2, 0.25) is 0 Å². The fraction of sp³-hybridized carbons (Fsp3) is 0.533. The topological polar surface area (TPSA) is 42.2 Å². The summed E-state index contributed by atoms with van der Waals surface area (Å²) in [4.78, 5) is 0. The Bertz CT molecular complexity index is 528. The van der Waals surface area contributed by atoms with Gasteiger partial charge in [-0.1, -0.05) is 13.8 Å². The molecule has 1 fully saturated rings. The van der Waals surface area contributed by atoms with Crippen LogP contribution in [0.4, 0.5) is 0 Å². The maximum atomic E-state index is 9.58. The molecule has 2 rings (SSSR count). The van der Waals surface area contributed by atoms with E-state index in [0.717, 1.165) is 29.0 Å². The molecule has 0 bridgehead atoms. The number of hydrogen-bond donors (Lipinski definition) is 0. The standard InChI is InChI=1S/C15H19NO2/c1-10-6-11(17-4)7-12(18-5)13(10)15(9-16)8-14(15,2)3/h6-7H,8H2,1-5H3. The number of nitrogens with zero attached hydrogens (tertiary/aromatic N) is 1. The van der Waals surface area contributed by atoms with Gasteiger partial charge >= 0.3 is 0 Å². The molecule has 0 aliphatic heterocycles. The highest BCUT2D eigenvalue weighted by molar-refractivity contribution is 5.58. The quantitative estimate of drug-likeness (QED) is 0.821. The number of rotatable bonds is 3. The molecule has 0 radical (unpaired) electrons. The predicted molar refractivity (Wildman–Crippen MR) is 70.0 cm³/mol. The summed E-state index contributed by atoms with van der Waals surface area (Å²) in [5, 5.41) is 9.58. The first-order chi connectivity index (χ1) is 8.41. The van der Waals surface area contributed by atoms with Crippen molar-refractivity contribution in [1.29, 1.82) is 5.26 Å². The highest BCUT2D eigenvalue weighted by Crippen LogP contribution is 2.66. The smallest absolute Gasteiger partial charge is 0.127 e. The van der Waals surface area contributed by atoms with Gasteiger partial charge in [-0.25, -0.2) is 0 Å². The molecule has 3 heteroatoms. The molecule has 1 aliphatic carbocycles. The summed E-state index contributed by atoms with van der Waals surface area (Å²) in [7, 11) is 3.27. The van der Waals surface area contributed by atoms with Gasteiger partial charge in [-0.3, -0.25) is 0 Å². The van der Waals surface area contributed by atoms with Crippen LogP contribution in [0.15, 0.2) is 12.1 Å². The summed E-state index contributed by atoms with van der Waals surface area (Å²) in [6, 6.07) is 6.31. The van der Waals surface area contributed by atoms with Crippen LogP contribution in [0.25, 0.3) is 0 Å². The zero-order valence-corrected chi connectivity index (χ0v) is 11.6. The van der Waals surface area contributed by atoms with Crippen molar-refractivity contribution < 1.29 is 9.47 Å². The lowest BCUT2D eigenvalue weighted by Gasteiger charge is -2.20. The van der Waals surface area contributed by atoms with Crippen LogP contribution in [0, 0.1) is 23.7 Å². The molecule has 0 aromatic heterocycles. The Kier molecular flexibility index (Phi) is 2.77. The van der Waals surface area contributed by atoms with E-state index in [2.05, 4.69) is 19.9 Å². The molecule has 96 valence electrons. The van der Waals surface area contributed by atoms with Crippen LogP contribution in [0.3, 0.4) is 0 Å². The van der Waals surface area contributed by atoms with Crippen molar-refractivity contribution >= 4 is 0 Å². The van der Waals surface area contributed by atoms with Gasteiger partial charge in [-0.15, -0.1) is 0 Å². The average Bonchev–Trinajstić information content (AvgIpc) is 2.91. The highest BCUT2D eigenvalue weighted by atomic mass is 16.5. The van der Waals surface area contributed by atoms with Gasteiger partial charge in [0.1, 0.15) is 11.5 Å². The lowest BCUT2D eigenvalue weighted by atomic mass is 9.85. The first-order valence-corrected chi connectivity index (χ1v) is 6.06. The number of nitriles is 1. The minimum atomic E-state index is -0.422. The van der Waals surface area contributed by atoms with Crippen molar-refractivity contribution in [2.24, 2.45) is 5.41 Å². The predicted octanol–water partition coefficient (Wildman–Crippen LogP) is 3.20. The third-order valence-electron chi connectivity index (χ3n) is 4.08. The van der Waals surface area contributed by atoms with E-state index in [4.69, 9.17) is 9.47 Å². The number of aryl methyl sites for hydroxylation is 1. The molecule has 3 nitrogen and oxygen atoms in total. The largest absolute Gasteiger partial charge is 0.497 e. The number of ether oxygens (including phenoxy) is 2. The number of hydrogen-bond acceptors (Lipinski definition) is 3. The van der Waals surface area contributed by atoms with Gasteiger partial charge in [0.25, 0.3) is 0 Å². The van der Waals surface area contributed by atoms with E-state index in [1.807, 2.05) is 19.1 Å². The van der Waals surface area contributed by atoms with Crippen LogP contribution in [-0.4, -0.2) is 14.2 Å². The second kappa shape index (κ2) is 3.91. The van der Waals surface area contributed by atoms with E-state index in [9.17, 15) is 5.26 Å². The van der Waals surface area contributed by atoms with Crippen molar-refractivity contribution in [2.75, 3.05) is 14.2 Å². The highest BCUT2D eigenvalue weighted by Gasteiger charge is 2.64. The molecule has 1 atom stereocenters. The molecule has 1 unspecified atom stereocenters. The molecule has 1 aliphatic rings. The van der Waals surface area contributed by atoms with Crippen LogP contribution in [0.2, 0.25) is 0 Å². The minimum Gasteiger partial charge on any atom is -0.497 e. The SMILES string of the molecule is COc1cc(C)c(C2(C#N)CC2(C)C)c(OC)c1. The van der Waals surface area contributed by atoms with E-state index in [0.29, 0.717) is 0 Å². The Labute approximate surface area is 108 Å². The lowest BCUT2D eigenvalue weighted by molar-refractivity contribution is 0.386. The maximum Gasteiger partial charge on any atom is 0.127 e. The van der Waals surface area contributed by atoms with Crippen LogP contribution >= 0.6 is 0 Å². The molecular weight excluding hydrogens is 226 g/mol. The van der Waals surface area contributed by atoms with Gasteiger partial charge in [0.15, 0.2) is 0 Å². The monoisotopic (exact) mass is 245 g/mol. The van der Waals surface area contributed by atoms with Crippen molar-refractivity contribution in [1.82, 2.24) is 0 Å². The van der Waals surface area contributed by atoms with Crippen molar-refractivity contribution in [3.05, 3.63) is 23.3 Å². The zero-order chi connectivity index (χ0) is 13.6. The average molecular weight is 245 g/mol. The summed E-state index contributed by atoms with van der Waals surface area (Å²) in [5.74, 6) is 1.51. The van der Waals surface area contributed by atoms with Crippen molar-refractivity contribution in [2.45, 2.75) is 32.6 Å². The summed E-state index contributed by atoms with van der Waals surface area (Å²) < 4.78 is 10.7. The molecule has 1 aromatic carbocycles. The normalized spacial score (nSPS) is 24.2. The molecule has 0 spiro atoms. The van der Waals surface area contributed by atoms with Gasteiger partial charge in [0, 0.05) is 11.6 Å². The minimum absolute atomic E-state index is 0.00831. The van der Waals surface area contributed by atoms with E-state index in [1.165, 1.54) is 0 Å². The number of methoxy groups -OCH3 is 2. The van der Waals surface area contributed by atoms with E-state index in [1.54, 1.807) is 14.2 Å². The van der Waals surface area contributed by atoms with Crippen LogP contribution in [0.1, 0.15) is 31.4 Å². The fourth-order valence-corrected chi connectivity index (χ4v) is 2.84. The summed E-state index contributed by atoms with van der Waals surface area (Å²) in [6.45, 7) is 6.26. The first kappa shape index (κ1) is 12.8. The van der Waals surface area contributed by atoms with Crippen molar-refractivity contribution in [3.8, 4) is 17.6 Å². The van der Waals surface area contributed by atoms with Gasteiger partial charge in [-0.05, 0) is 30.4 Å². The fourth-order valence-electron chi connectivity index (χ4n) is 2.84. The van der Waals surface area contributed by atoms with E-state index in [-0.39, 0.29) is 5.41 Å². The maximum absolute atomic E-state index is 9.58. The summed E-state index contributed by atoms with van der Waals surface area (Å²) >= 11 is 0. The second-order valence-electron chi connectivity index (χ2n) is 5.60. The van der Waals surface area contributed by atoms with Crippen LogP contribution in [-0.2, 0) is 5.41 Å². The van der Waals surface area contributed by atoms with Crippen molar-refractivity contribution in [3.63, 3.8) is 0 Å². The third-order valence-corrected chi connectivity index (χ3v) is 4.08.